The van der Waals surface area contributed by atoms with Crippen LogP contribution in [-0.4, -0.2) is 54.9 Å². The summed E-state index contributed by atoms with van der Waals surface area (Å²) in [6, 6.07) is 9.14. The zero-order chi connectivity index (χ0) is 26.3. The van der Waals surface area contributed by atoms with Crippen molar-refractivity contribution in [2.75, 3.05) is 17.1 Å². The first-order chi connectivity index (χ1) is 16.3. The van der Waals surface area contributed by atoms with Gasteiger partial charge in [-0.1, -0.05) is 25.1 Å². The number of nitrogens with one attached hydrogen (secondary N) is 1. The van der Waals surface area contributed by atoms with Crippen molar-refractivity contribution in [1.82, 2.24) is 10.2 Å². The van der Waals surface area contributed by atoms with Crippen LogP contribution in [0.15, 0.2) is 48.5 Å². The van der Waals surface area contributed by atoms with Crippen LogP contribution in [0.25, 0.3) is 0 Å². The van der Waals surface area contributed by atoms with Crippen LogP contribution in [0, 0.1) is 15.9 Å². The summed E-state index contributed by atoms with van der Waals surface area (Å²) in [6.45, 7) is 4.44. The standard InChI is InChI=1S/C23H29FN4O6S/c1-5-16(2)25-23(30)17(3)26(14-18-9-11-19(24)12-10-18)22(29)15-27(35(4,33)34)20-7-6-8-21(13-20)28(31)32/h6-13,16-17H,5,14-15H2,1-4H3,(H,25,30)/t16-,17+/m0/s1. The summed E-state index contributed by atoms with van der Waals surface area (Å²) in [5.74, 6) is -1.61. The van der Waals surface area contributed by atoms with Crippen LogP contribution in [0.2, 0.25) is 0 Å². The van der Waals surface area contributed by atoms with Gasteiger partial charge in [0.25, 0.3) is 5.69 Å². The van der Waals surface area contributed by atoms with Gasteiger partial charge in [0, 0.05) is 24.7 Å². The van der Waals surface area contributed by atoms with E-state index in [0.29, 0.717) is 12.0 Å². The first-order valence-electron chi connectivity index (χ1n) is 10.9. The van der Waals surface area contributed by atoms with Gasteiger partial charge in [-0.05, 0) is 44.0 Å². The first kappa shape index (κ1) is 27.7. The Morgan fingerprint density at radius 1 is 1.14 bits per heavy atom. The van der Waals surface area contributed by atoms with Gasteiger partial charge in [-0.25, -0.2) is 12.8 Å². The molecule has 0 radical (unpaired) electrons. The lowest BCUT2D eigenvalue weighted by Crippen LogP contribution is -2.52. The molecule has 0 aliphatic heterocycles. The predicted molar refractivity (Wildman–Crippen MR) is 130 cm³/mol. The number of amides is 2. The molecule has 0 heterocycles. The minimum atomic E-state index is -4.02. The van der Waals surface area contributed by atoms with E-state index in [0.717, 1.165) is 16.6 Å². The maximum Gasteiger partial charge on any atom is 0.271 e. The second-order valence-electron chi connectivity index (χ2n) is 8.19. The number of hydrogen-bond donors (Lipinski definition) is 1. The third-order valence-electron chi connectivity index (χ3n) is 5.44. The summed E-state index contributed by atoms with van der Waals surface area (Å²) in [7, 11) is -4.02. The summed E-state index contributed by atoms with van der Waals surface area (Å²) < 4.78 is 39.2. The normalized spacial score (nSPS) is 12.9. The molecule has 0 aromatic heterocycles. The SMILES string of the molecule is CC[C@H](C)NC(=O)[C@@H](C)N(Cc1ccc(F)cc1)C(=O)CN(c1cccc([N+](=O)[O-])c1)S(C)(=O)=O. The number of sulfonamides is 1. The van der Waals surface area contributed by atoms with Crippen LogP contribution in [0.4, 0.5) is 15.8 Å². The summed E-state index contributed by atoms with van der Waals surface area (Å²) in [6.07, 6.45) is 1.54. The molecule has 0 saturated heterocycles. The van der Waals surface area contributed by atoms with E-state index in [-0.39, 0.29) is 24.0 Å². The van der Waals surface area contributed by atoms with Crippen molar-refractivity contribution in [3.05, 3.63) is 70.0 Å². The van der Waals surface area contributed by atoms with Crippen LogP contribution in [0.1, 0.15) is 32.8 Å². The highest BCUT2D eigenvalue weighted by Crippen LogP contribution is 2.24. The lowest BCUT2D eigenvalue weighted by molar-refractivity contribution is -0.384. The Morgan fingerprint density at radius 3 is 2.31 bits per heavy atom. The third kappa shape index (κ3) is 7.74. The Balaban J connectivity index is 2.41. The fraction of sp³-hybridized carbons (Fsp3) is 0.391. The van der Waals surface area contributed by atoms with Gasteiger partial charge in [0.2, 0.25) is 21.8 Å². The van der Waals surface area contributed by atoms with Crippen LogP contribution >= 0.6 is 0 Å². The number of anilines is 1. The summed E-state index contributed by atoms with van der Waals surface area (Å²) in [5.41, 5.74) is 0.130. The molecule has 10 nitrogen and oxygen atoms in total. The van der Waals surface area contributed by atoms with Gasteiger partial charge in [-0.3, -0.25) is 24.0 Å². The van der Waals surface area contributed by atoms with E-state index in [1.807, 2.05) is 13.8 Å². The second kappa shape index (κ2) is 11.7. The zero-order valence-corrected chi connectivity index (χ0v) is 20.8. The number of benzene rings is 2. The van der Waals surface area contributed by atoms with Gasteiger partial charge in [-0.15, -0.1) is 0 Å². The molecule has 2 amide bonds. The highest BCUT2D eigenvalue weighted by molar-refractivity contribution is 7.92. The van der Waals surface area contributed by atoms with E-state index in [1.54, 1.807) is 0 Å². The molecule has 0 unspecified atom stereocenters. The van der Waals surface area contributed by atoms with Gasteiger partial charge < -0.3 is 10.2 Å². The quantitative estimate of drug-likeness (QED) is 0.367. The summed E-state index contributed by atoms with van der Waals surface area (Å²) >= 11 is 0. The van der Waals surface area contributed by atoms with Crippen molar-refractivity contribution >= 4 is 33.2 Å². The van der Waals surface area contributed by atoms with Crippen molar-refractivity contribution in [3.63, 3.8) is 0 Å². The molecule has 0 fully saturated rings. The van der Waals surface area contributed by atoms with Crippen molar-refractivity contribution in [3.8, 4) is 0 Å². The van der Waals surface area contributed by atoms with E-state index < -0.39 is 45.2 Å². The largest absolute Gasteiger partial charge is 0.352 e. The highest BCUT2D eigenvalue weighted by Gasteiger charge is 2.30. The first-order valence-corrected chi connectivity index (χ1v) is 12.7. The average Bonchev–Trinajstić information content (AvgIpc) is 2.80. The lowest BCUT2D eigenvalue weighted by atomic mass is 10.1. The van der Waals surface area contributed by atoms with Gasteiger partial charge in [0.05, 0.1) is 16.9 Å². The van der Waals surface area contributed by atoms with Crippen LogP contribution in [0.3, 0.4) is 0 Å². The molecule has 1 N–H and O–H groups in total. The number of carbonyl (C=O) groups excluding carboxylic acids is 2. The molecule has 0 spiro atoms. The van der Waals surface area contributed by atoms with Gasteiger partial charge in [-0.2, -0.15) is 0 Å². The molecular weight excluding hydrogens is 479 g/mol. The third-order valence-corrected chi connectivity index (χ3v) is 6.58. The lowest BCUT2D eigenvalue weighted by Gasteiger charge is -2.32. The van der Waals surface area contributed by atoms with Gasteiger partial charge >= 0.3 is 0 Å². The number of nitro benzene ring substituents is 1. The molecule has 2 aromatic rings. The van der Waals surface area contributed by atoms with Crippen LogP contribution < -0.4 is 9.62 Å². The van der Waals surface area contributed by atoms with Crippen molar-refractivity contribution in [2.45, 2.75) is 45.8 Å². The van der Waals surface area contributed by atoms with Crippen LogP contribution in [0.5, 0.6) is 0 Å². The van der Waals surface area contributed by atoms with Crippen molar-refractivity contribution < 1.29 is 27.3 Å². The Bertz CT molecular complexity index is 1170. The summed E-state index contributed by atoms with van der Waals surface area (Å²) in [4.78, 5) is 37.9. The van der Waals surface area contributed by atoms with Crippen molar-refractivity contribution in [1.29, 1.82) is 0 Å². The fourth-order valence-corrected chi connectivity index (χ4v) is 4.05. The topological polar surface area (TPSA) is 130 Å². The molecule has 12 heteroatoms. The van der Waals surface area contributed by atoms with E-state index in [1.165, 1.54) is 54.3 Å². The summed E-state index contributed by atoms with van der Waals surface area (Å²) in [5, 5.41) is 13.9. The smallest absolute Gasteiger partial charge is 0.271 e. The van der Waals surface area contributed by atoms with E-state index in [2.05, 4.69) is 5.32 Å². The molecular formula is C23H29FN4O6S. The Hall–Kier alpha value is -3.54. The van der Waals surface area contributed by atoms with Crippen molar-refractivity contribution in [2.24, 2.45) is 0 Å². The molecule has 35 heavy (non-hydrogen) atoms. The minimum Gasteiger partial charge on any atom is -0.352 e. The van der Waals surface area contributed by atoms with Gasteiger partial charge in [0.1, 0.15) is 18.4 Å². The maximum absolute atomic E-state index is 13.4. The van der Waals surface area contributed by atoms with E-state index >= 15 is 0 Å². The van der Waals surface area contributed by atoms with E-state index in [9.17, 15) is 32.5 Å². The fourth-order valence-electron chi connectivity index (χ4n) is 3.21. The second-order valence-corrected chi connectivity index (χ2v) is 10.1. The number of nitrogens with zero attached hydrogens (tertiary/aromatic N) is 3. The monoisotopic (exact) mass is 508 g/mol. The molecule has 2 rings (SSSR count). The Morgan fingerprint density at radius 2 is 1.77 bits per heavy atom. The number of hydrogen-bond acceptors (Lipinski definition) is 6. The number of carbonyl (C=O) groups is 2. The average molecular weight is 509 g/mol. The highest BCUT2D eigenvalue weighted by atomic mass is 32.2. The number of nitro groups is 1. The molecule has 0 bridgehead atoms. The Kier molecular flexibility index (Phi) is 9.29. The maximum atomic E-state index is 13.4. The molecule has 2 atom stereocenters. The van der Waals surface area contributed by atoms with Gasteiger partial charge in [0.15, 0.2) is 0 Å². The molecule has 0 aliphatic carbocycles. The molecule has 190 valence electrons. The molecule has 0 saturated carbocycles. The molecule has 2 aromatic carbocycles. The van der Waals surface area contributed by atoms with E-state index in [4.69, 9.17) is 0 Å². The van der Waals surface area contributed by atoms with Crippen LogP contribution in [-0.2, 0) is 26.2 Å². The predicted octanol–water partition coefficient (Wildman–Crippen LogP) is 2.83. The molecule has 0 aliphatic rings. The number of non-ortho nitro benzene ring substituents is 1. The number of halogens is 1. The Labute approximate surface area is 203 Å². The minimum absolute atomic E-state index is 0.0616. The number of rotatable bonds is 11. The zero-order valence-electron chi connectivity index (χ0n) is 20.0.